The Labute approximate surface area is 92.6 Å². The highest BCUT2D eigenvalue weighted by molar-refractivity contribution is 7.99. The van der Waals surface area contributed by atoms with E-state index in [2.05, 4.69) is 5.92 Å². The third-order valence-electron chi connectivity index (χ3n) is 2.39. The highest BCUT2D eigenvalue weighted by Crippen LogP contribution is 2.27. The minimum atomic E-state index is -1.29. The molecule has 15 heavy (non-hydrogen) atoms. The van der Waals surface area contributed by atoms with Gasteiger partial charge in [-0.25, -0.2) is 0 Å². The molecule has 6 atom stereocenters. The summed E-state index contributed by atoms with van der Waals surface area (Å²) in [4.78, 5) is 0. The molecule has 0 radical (unpaired) electrons. The molecule has 1 aliphatic rings. The molecule has 86 valence electrons. The number of ether oxygens (including phenoxy) is 1. The first-order valence-electron chi connectivity index (χ1n) is 4.47. The number of nitrogens with two attached hydrogens (primary N) is 1. The molecular formula is C9H15NO4S. The molecule has 5 nitrogen and oxygen atoms in total. The van der Waals surface area contributed by atoms with Crippen LogP contribution in [0.25, 0.3) is 0 Å². The second-order valence-electron chi connectivity index (χ2n) is 3.37. The van der Waals surface area contributed by atoms with Crippen LogP contribution >= 0.6 is 11.8 Å². The summed E-state index contributed by atoms with van der Waals surface area (Å²) in [6.07, 6.45) is 2.28. The first-order valence-corrected chi connectivity index (χ1v) is 5.76. The van der Waals surface area contributed by atoms with Crippen LogP contribution in [0.15, 0.2) is 0 Å². The molecule has 0 amide bonds. The Balaban J connectivity index is 2.79. The van der Waals surface area contributed by atoms with Crippen LogP contribution < -0.4 is 5.73 Å². The van der Waals surface area contributed by atoms with Gasteiger partial charge in [0.25, 0.3) is 0 Å². The van der Waals surface area contributed by atoms with Crippen molar-refractivity contribution in [2.24, 2.45) is 5.73 Å². The summed E-state index contributed by atoms with van der Waals surface area (Å²) in [6.45, 7) is 0. The lowest BCUT2D eigenvalue weighted by Crippen LogP contribution is -2.61. The van der Waals surface area contributed by atoms with Crippen molar-refractivity contribution < 1.29 is 20.1 Å². The number of rotatable bonds is 2. The number of hydrogen-bond acceptors (Lipinski definition) is 6. The average molecular weight is 233 g/mol. The van der Waals surface area contributed by atoms with Crippen LogP contribution in [-0.2, 0) is 4.74 Å². The van der Waals surface area contributed by atoms with Crippen molar-refractivity contribution in [2.45, 2.75) is 35.9 Å². The van der Waals surface area contributed by atoms with Crippen LogP contribution in [0.5, 0.6) is 0 Å². The third-order valence-corrected chi connectivity index (χ3v) is 3.24. The van der Waals surface area contributed by atoms with E-state index >= 15 is 0 Å². The minimum absolute atomic E-state index is 0.632. The monoisotopic (exact) mass is 233 g/mol. The number of thioether (sulfide) groups is 1. The van der Waals surface area contributed by atoms with Crippen LogP contribution in [0.2, 0.25) is 0 Å². The molecule has 1 fully saturated rings. The molecular weight excluding hydrogens is 218 g/mol. The van der Waals surface area contributed by atoms with Crippen LogP contribution in [0.4, 0.5) is 0 Å². The summed E-state index contributed by atoms with van der Waals surface area (Å²) in [5, 5.41) is 28.7. The van der Waals surface area contributed by atoms with Crippen molar-refractivity contribution in [3.8, 4) is 12.3 Å². The van der Waals surface area contributed by atoms with E-state index in [0.29, 0.717) is 0 Å². The molecule has 0 aromatic heterocycles. The second-order valence-corrected chi connectivity index (χ2v) is 4.31. The Morgan fingerprint density at radius 3 is 2.40 bits per heavy atom. The molecule has 0 aromatic carbocycles. The van der Waals surface area contributed by atoms with Crippen LogP contribution in [0.3, 0.4) is 0 Å². The van der Waals surface area contributed by atoms with Gasteiger partial charge < -0.3 is 25.8 Å². The Hall–Kier alpha value is -0.290. The summed E-state index contributed by atoms with van der Waals surface area (Å²) in [7, 11) is 0. The predicted molar refractivity (Wildman–Crippen MR) is 57.0 cm³/mol. The summed E-state index contributed by atoms with van der Waals surface area (Å²) in [5.74, 6) is 2.24. The highest BCUT2D eigenvalue weighted by atomic mass is 32.2. The second kappa shape index (κ2) is 5.16. The molecule has 1 aliphatic heterocycles. The largest absolute Gasteiger partial charge is 0.387 e. The van der Waals surface area contributed by atoms with E-state index < -0.39 is 35.9 Å². The maximum Gasteiger partial charge on any atom is 0.132 e. The van der Waals surface area contributed by atoms with Gasteiger partial charge in [-0.2, -0.15) is 0 Å². The van der Waals surface area contributed by atoms with Gasteiger partial charge in [0.1, 0.15) is 29.9 Å². The van der Waals surface area contributed by atoms with E-state index in [1.165, 1.54) is 11.8 Å². The SMILES string of the molecule is C#C[C@@H](N)[C@H]1OC(SC)[C@H](O)[C@H](O)C1O. The van der Waals surface area contributed by atoms with Crippen molar-refractivity contribution >= 4 is 11.8 Å². The fourth-order valence-electron chi connectivity index (χ4n) is 1.46. The van der Waals surface area contributed by atoms with E-state index in [1.54, 1.807) is 6.26 Å². The Bertz CT molecular complexity index is 255. The smallest absolute Gasteiger partial charge is 0.132 e. The fourth-order valence-corrected chi connectivity index (χ4v) is 2.14. The van der Waals surface area contributed by atoms with Crippen LogP contribution in [0, 0.1) is 12.3 Å². The zero-order valence-electron chi connectivity index (χ0n) is 8.28. The lowest BCUT2D eigenvalue weighted by atomic mass is 9.95. The van der Waals surface area contributed by atoms with Gasteiger partial charge in [0.05, 0.1) is 6.04 Å². The first kappa shape index (κ1) is 12.8. The highest BCUT2D eigenvalue weighted by Gasteiger charge is 2.45. The van der Waals surface area contributed by atoms with E-state index in [4.69, 9.17) is 16.9 Å². The van der Waals surface area contributed by atoms with Gasteiger partial charge in [-0.1, -0.05) is 5.92 Å². The molecule has 6 heteroatoms. The summed E-state index contributed by atoms with van der Waals surface area (Å²) >= 11 is 1.22. The van der Waals surface area contributed by atoms with Crippen molar-refractivity contribution in [3.63, 3.8) is 0 Å². The number of terminal acetylenes is 1. The van der Waals surface area contributed by atoms with Gasteiger partial charge >= 0.3 is 0 Å². The quantitative estimate of drug-likeness (QED) is 0.417. The molecule has 0 saturated carbocycles. The van der Waals surface area contributed by atoms with Gasteiger partial charge in [-0.05, 0) is 6.26 Å². The van der Waals surface area contributed by atoms with Gasteiger partial charge in [0.2, 0.25) is 0 Å². The predicted octanol–water partition coefficient (Wildman–Crippen LogP) is -1.88. The van der Waals surface area contributed by atoms with Gasteiger partial charge in [0, 0.05) is 0 Å². The van der Waals surface area contributed by atoms with E-state index in [-0.39, 0.29) is 0 Å². The Morgan fingerprint density at radius 2 is 1.93 bits per heavy atom. The van der Waals surface area contributed by atoms with E-state index in [0.717, 1.165) is 0 Å². The lowest BCUT2D eigenvalue weighted by Gasteiger charge is -2.41. The molecule has 0 bridgehead atoms. The van der Waals surface area contributed by atoms with E-state index in [1.807, 2.05) is 0 Å². The standard InChI is InChI=1S/C9H15NO4S/c1-3-4(10)8-6(12)5(11)7(13)9(14-8)15-2/h1,4-9,11-13H,10H2,2H3/t4-,5-,6?,7-,8-,9?/m1/s1. The number of aliphatic hydroxyl groups excluding tert-OH is 3. The third kappa shape index (κ3) is 2.45. The topological polar surface area (TPSA) is 95.9 Å². The van der Waals surface area contributed by atoms with Gasteiger partial charge in [-0.15, -0.1) is 18.2 Å². The van der Waals surface area contributed by atoms with Crippen molar-refractivity contribution in [2.75, 3.05) is 6.26 Å². The summed E-state index contributed by atoms with van der Waals surface area (Å²) < 4.78 is 5.32. The summed E-state index contributed by atoms with van der Waals surface area (Å²) in [5.41, 5.74) is 4.91. The van der Waals surface area contributed by atoms with Gasteiger partial charge in [0.15, 0.2) is 0 Å². The van der Waals surface area contributed by atoms with Crippen molar-refractivity contribution in [1.29, 1.82) is 0 Å². The normalized spacial score (nSPS) is 43.3. The molecule has 0 spiro atoms. The van der Waals surface area contributed by atoms with Crippen molar-refractivity contribution in [1.82, 2.24) is 0 Å². The molecule has 1 saturated heterocycles. The van der Waals surface area contributed by atoms with Gasteiger partial charge in [-0.3, -0.25) is 0 Å². The van der Waals surface area contributed by atoms with E-state index in [9.17, 15) is 15.3 Å². The number of hydrogen-bond donors (Lipinski definition) is 4. The molecule has 1 heterocycles. The maximum atomic E-state index is 9.60. The zero-order chi connectivity index (χ0) is 11.6. The maximum absolute atomic E-state index is 9.60. The zero-order valence-corrected chi connectivity index (χ0v) is 9.09. The van der Waals surface area contributed by atoms with Crippen LogP contribution in [-0.4, -0.2) is 57.5 Å². The fraction of sp³-hybridized carbons (Fsp3) is 0.778. The molecule has 5 N–H and O–H groups in total. The molecule has 0 aliphatic carbocycles. The van der Waals surface area contributed by atoms with Crippen LogP contribution in [0.1, 0.15) is 0 Å². The molecule has 2 unspecified atom stereocenters. The number of aliphatic hydroxyl groups is 3. The molecule has 0 aromatic rings. The minimum Gasteiger partial charge on any atom is -0.387 e. The Kier molecular flexibility index (Phi) is 4.40. The molecule has 1 rings (SSSR count). The van der Waals surface area contributed by atoms with Crippen molar-refractivity contribution in [3.05, 3.63) is 0 Å². The Morgan fingerprint density at radius 1 is 1.33 bits per heavy atom. The average Bonchev–Trinajstić information content (AvgIpc) is 2.25. The first-order chi connectivity index (χ1) is 7.02. The lowest BCUT2D eigenvalue weighted by molar-refractivity contribution is -0.199. The summed E-state index contributed by atoms with van der Waals surface area (Å²) in [6, 6.07) is -0.809.